The molecule has 0 saturated carbocycles. The van der Waals surface area contributed by atoms with Gasteiger partial charge >= 0.3 is 6.09 Å². The second-order valence-electron chi connectivity index (χ2n) is 1.38. The maximum atomic E-state index is 10.1. The number of ether oxygens (including phenoxy) is 1. The Morgan fingerprint density at radius 1 is 1.78 bits per heavy atom. The summed E-state index contributed by atoms with van der Waals surface area (Å²) in [4.78, 5) is 10.1. The van der Waals surface area contributed by atoms with E-state index in [-0.39, 0.29) is 0 Å². The largest absolute Gasteiger partial charge is 0.410 e. The molecule has 1 aromatic rings. The summed E-state index contributed by atoms with van der Waals surface area (Å²) < 4.78 is 4.50. The Balaban J connectivity index is 2.58. The first-order valence-electron chi connectivity index (χ1n) is 2.28. The van der Waals surface area contributed by atoms with E-state index in [9.17, 15) is 4.79 Å². The normalized spacial score (nSPS) is 8.89. The van der Waals surface area contributed by atoms with E-state index in [0.717, 1.165) is 0 Å². The van der Waals surface area contributed by atoms with Gasteiger partial charge in [-0.25, -0.2) is 4.79 Å². The number of primary amides is 1. The smallest absolute Gasteiger partial charge is 0.409 e. The van der Waals surface area contributed by atoms with Crippen LogP contribution < -0.4 is 10.5 Å². The number of hydrogen-bond donors (Lipinski definition) is 1. The Bertz CT molecular complexity index is 195. The van der Waals surface area contributed by atoms with E-state index in [0.29, 0.717) is 5.75 Å². The lowest BCUT2D eigenvalue weighted by Gasteiger charge is -1.91. The maximum absolute atomic E-state index is 10.1. The van der Waals surface area contributed by atoms with Crippen LogP contribution in [0.1, 0.15) is 0 Å². The first kappa shape index (κ1) is 6.10. The van der Waals surface area contributed by atoms with Crippen LogP contribution in [0, 0.1) is 0 Å². The summed E-state index contributed by atoms with van der Waals surface area (Å²) >= 11 is 1.45. The minimum Gasteiger partial charge on any atom is -0.410 e. The molecule has 0 aliphatic heterocycles. The molecule has 3 nitrogen and oxygen atoms in total. The zero-order chi connectivity index (χ0) is 6.69. The van der Waals surface area contributed by atoms with Crippen molar-refractivity contribution in [3.8, 4) is 5.75 Å². The van der Waals surface area contributed by atoms with Crippen molar-refractivity contribution in [2.24, 2.45) is 5.73 Å². The molecule has 0 aromatic carbocycles. The molecule has 0 bridgehead atoms. The van der Waals surface area contributed by atoms with Gasteiger partial charge in [0.05, 0.1) is 0 Å². The van der Waals surface area contributed by atoms with Gasteiger partial charge in [0.25, 0.3) is 0 Å². The second kappa shape index (κ2) is 2.50. The fourth-order valence-corrected chi connectivity index (χ4v) is 0.978. The average molecular weight is 143 g/mol. The van der Waals surface area contributed by atoms with Gasteiger partial charge in [-0.15, -0.1) is 11.3 Å². The molecule has 1 heterocycles. The van der Waals surface area contributed by atoms with Crippen LogP contribution in [0.15, 0.2) is 16.8 Å². The molecule has 0 saturated heterocycles. The fraction of sp³-hybridized carbons (Fsp3) is 0. The van der Waals surface area contributed by atoms with Gasteiger partial charge in [0, 0.05) is 5.38 Å². The van der Waals surface area contributed by atoms with Gasteiger partial charge in [0.1, 0.15) is 5.75 Å². The van der Waals surface area contributed by atoms with E-state index in [4.69, 9.17) is 5.73 Å². The lowest BCUT2D eigenvalue weighted by Crippen LogP contribution is -2.15. The molecule has 1 rings (SSSR count). The van der Waals surface area contributed by atoms with Crippen LogP contribution in [0.4, 0.5) is 4.79 Å². The lowest BCUT2D eigenvalue weighted by molar-refractivity contribution is 0.211. The number of nitrogens with two attached hydrogens (primary N) is 1. The first-order chi connectivity index (χ1) is 4.29. The van der Waals surface area contributed by atoms with E-state index in [1.54, 1.807) is 16.8 Å². The molecule has 1 aromatic heterocycles. The summed E-state index contributed by atoms with van der Waals surface area (Å²) in [6.45, 7) is 0. The van der Waals surface area contributed by atoms with E-state index in [2.05, 4.69) is 4.74 Å². The molecule has 0 unspecified atom stereocenters. The molecule has 48 valence electrons. The van der Waals surface area contributed by atoms with Crippen LogP contribution in [0.25, 0.3) is 0 Å². The number of carbonyl (C=O) groups excluding carboxylic acids is 1. The van der Waals surface area contributed by atoms with E-state index in [1.165, 1.54) is 11.3 Å². The van der Waals surface area contributed by atoms with Crippen molar-refractivity contribution in [3.63, 3.8) is 0 Å². The number of amides is 1. The molecule has 0 aliphatic carbocycles. The number of hydrogen-bond acceptors (Lipinski definition) is 3. The first-order valence-corrected chi connectivity index (χ1v) is 3.23. The Morgan fingerprint density at radius 3 is 3.00 bits per heavy atom. The van der Waals surface area contributed by atoms with Gasteiger partial charge in [0.2, 0.25) is 0 Å². The summed E-state index contributed by atoms with van der Waals surface area (Å²) in [5, 5.41) is 3.50. The van der Waals surface area contributed by atoms with Crippen molar-refractivity contribution in [1.82, 2.24) is 0 Å². The standard InChI is InChI=1S/C5H5NO2S/c6-5(7)8-4-1-2-9-3-4/h1-3H,(H2,6,7). The van der Waals surface area contributed by atoms with E-state index < -0.39 is 6.09 Å². The van der Waals surface area contributed by atoms with Crippen LogP contribution >= 0.6 is 11.3 Å². The number of rotatable bonds is 1. The third-order valence-corrected chi connectivity index (χ3v) is 1.38. The fourth-order valence-electron chi connectivity index (χ4n) is 0.426. The predicted molar refractivity (Wildman–Crippen MR) is 34.5 cm³/mol. The minimum atomic E-state index is -0.770. The van der Waals surface area contributed by atoms with Crippen molar-refractivity contribution in [2.75, 3.05) is 0 Å². The number of carbonyl (C=O) groups is 1. The van der Waals surface area contributed by atoms with Crippen LogP contribution in [-0.4, -0.2) is 6.09 Å². The summed E-state index contributed by atoms with van der Waals surface area (Å²) in [5.74, 6) is 0.507. The maximum Gasteiger partial charge on any atom is 0.409 e. The molecule has 0 aliphatic rings. The predicted octanol–water partition coefficient (Wildman–Crippen LogP) is 1.21. The Hall–Kier alpha value is -1.03. The van der Waals surface area contributed by atoms with E-state index in [1.807, 2.05) is 0 Å². The SMILES string of the molecule is NC(=O)Oc1ccsc1. The molecule has 1 amide bonds. The topological polar surface area (TPSA) is 52.3 Å². The zero-order valence-corrected chi connectivity index (χ0v) is 5.35. The van der Waals surface area contributed by atoms with Gasteiger partial charge in [0.15, 0.2) is 0 Å². The van der Waals surface area contributed by atoms with Gasteiger partial charge < -0.3 is 10.5 Å². The molecule has 0 spiro atoms. The zero-order valence-electron chi connectivity index (χ0n) is 4.53. The highest BCUT2D eigenvalue weighted by molar-refractivity contribution is 7.08. The lowest BCUT2D eigenvalue weighted by atomic mass is 10.6. The van der Waals surface area contributed by atoms with Gasteiger partial charge in [-0.1, -0.05) is 0 Å². The van der Waals surface area contributed by atoms with Crippen LogP contribution in [0.3, 0.4) is 0 Å². The third-order valence-electron chi connectivity index (χ3n) is 0.714. The van der Waals surface area contributed by atoms with Crippen molar-refractivity contribution >= 4 is 17.4 Å². The second-order valence-corrected chi connectivity index (χ2v) is 2.16. The quantitative estimate of drug-likeness (QED) is 0.642. The van der Waals surface area contributed by atoms with Gasteiger partial charge in [-0.3, -0.25) is 0 Å². The Kier molecular flexibility index (Phi) is 1.69. The minimum absolute atomic E-state index is 0.507. The molecule has 4 heteroatoms. The van der Waals surface area contributed by atoms with Crippen molar-refractivity contribution in [1.29, 1.82) is 0 Å². The molecular weight excluding hydrogens is 138 g/mol. The molecular formula is C5H5NO2S. The van der Waals surface area contributed by atoms with Crippen LogP contribution in [0.2, 0.25) is 0 Å². The Labute approximate surface area is 56.1 Å². The highest BCUT2D eigenvalue weighted by Gasteiger charge is 1.95. The van der Waals surface area contributed by atoms with Crippen molar-refractivity contribution in [3.05, 3.63) is 16.8 Å². The summed E-state index contributed by atoms with van der Waals surface area (Å²) in [5.41, 5.74) is 4.73. The molecule has 0 radical (unpaired) electrons. The molecule has 0 atom stereocenters. The van der Waals surface area contributed by atoms with Crippen molar-refractivity contribution in [2.45, 2.75) is 0 Å². The van der Waals surface area contributed by atoms with Gasteiger partial charge in [-0.05, 0) is 11.4 Å². The van der Waals surface area contributed by atoms with E-state index >= 15 is 0 Å². The van der Waals surface area contributed by atoms with Gasteiger partial charge in [-0.2, -0.15) is 0 Å². The third kappa shape index (κ3) is 1.73. The average Bonchev–Trinajstić information content (AvgIpc) is 2.15. The Morgan fingerprint density at radius 2 is 2.56 bits per heavy atom. The summed E-state index contributed by atoms with van der Waals surface area (Å²) in [7, 11) is 0. The van der Waals surface area contributed by atoms with Crippen LogP contribution in [0.5, 0.6) is 5.75 Å². The summed E-state index contributed by atoms with van der Waals surface area (Å²) in [6, 6.07) is 1.68. The highest BCUT2D eigenvalue weighted by atomic mass is 32.1. The molecule has 0 fully saturated rings. The monoisotopic (exact) mass is 143 g/mol. The highest BCUT2D eigenvalue weighted by Crippen LogP contribution is 2.13. The summed E-state index contributed by atoms with van der Waals surface area (Å²) in [6.07, 6.45) is -0.770. The van der Waals surface area contributed by atoms with Crippen molar-refractivity contribution < 1.29 is 9.53 Å². The molecule has 2 N–H and O–H groups in total. The number of thiophene rings is 1. The molecule has 9 heavy (non-hydrogen) atoms. The van der Waals surface area contributed by atoms with Crippen LogP contribution in [-0.2, 0) is 0 Å².